The molecular weight excluding hydrogens is 248 g/mol. The molecule has 0 aliphatic carbocycles. The average molecular weight is 266 g/mol. The standard InChI is InChI=1S/C16H18N4/c1-11(15-9-16(17)20-19-15)12-4-2-5-13(8-12)14-6-3-7-18-10-14/h2-6,8-11,18H,7H2,1H3,(H3,17,19,20). The van der Waals surface area contributed by atoms with Crippen LogP contribution in [0.2, 0.25) is 0 Å². The summed E-state index contributed by atoms with van der Waals surface area (Å²) < 4.78 is 0. The highest BCUT2D eigenvalue weighted by molar-refractivity contribution is 5.75. The van der Waals surface area contributed by atoms with Crippen molar-refractivity contribution in [3.63, 3.8) is 0 Å². The Hall–Kier alpha value is -2.49. The molecule has 0 bridgehead atoms. The van der Waals surface area contributed by atoms with E-state index < -0.39 is 0 Å². The van der Waals surface area contributed by atoms with Crippen molar-refractivity contribution in [2.75, 3.05) is 12.3 Å². The van der Waals surface area contributed by atoms with Crippen LogP contribution in [0.15, 0.2) is 48.7 Å². The second-order valence-corrected chi connectivity index (χ2v) is 5.01. The molecule has 1 aromatic heterocycles. The summed E-state index contributed by atoms with van der Waals surface area (Å²) in [5.41, 5.74) is 10.4. The number of hydrogen-bond donors (Lipinski definition) is 3. The van der Waals surface area contributed by atoms with Gasteiger partial charge in [-0.1, -0.05) is 43.3 Å². The van der Waals surface area contributed by atoms with Gasteiger partial charge in [-0.3, -0.25) is 5.10 Å². The number of allylic oxidation sites excluding steroid dienone is 2. The lowest BCUT2D eigenvalue weighted by Gasteiger charge is -2.13. The average Bonchev–Trinajstić information content (AvgIpc) is 2.94. The molecular formula is C16H18N4. The molecule has 0 amide bonds. The zero-order valence-electron chi connectivity index (χ0n) is 11.4. The van der Waals surface area contributed by atoms with E-state index in [0.29, 0.717) is 5.82 Å². The number of aromatic nitrogens is 2. The Labute approximate surface area is 118 Å². The number of nitrogens with zero attached hydrogens (tertiary/aromatic N) is 1. The largest absolute Gasteiger partial charge is 0.387 e. The normalized spacial score (nSPS) is 15.6. The number of benzene rings is 1. The Morgan fingerprint density at radius 1 is 1.30 bits per heavy atom. The molecule has 0 saturated carbocycles. The second kappa shape index (κ2) is 5.25. The van der Waals surface area contributed by atoms with Crippen LogP contribution in [-0.4, -0.2) is 16.7 Å². The predicted octanol–water partition coefficient (Wildman–Crippen LogP) is 2.64. The van der Waals surface area contributed by atoms with E-state index in [1.54, 1.807) is 0 Å². The van der Waals surface area contributed by atoms with Crippen molar-refractivity contribution < 1.29 is 0 Å². The van der Waals surface area contributed by atoms with Crippen LogP contribution in [0.1, 0.15) is 29.7 Å². The topological polar surface area (TPSA) is 66.7 Å². The SMILES string of the molecule is CC(c1cccc(C2=CNCC=C2)c1)c1cc(N)n[nH]1. The van der Waals surface area contributed by atoms with Crippen molar-refractivity contribution in [3.8, 4) is 0 Å². The van der Waals surface area contributed by atoms with Crippen molar-refractivity contribution in [1.82, 2.24) is 15.5 Å². The quantitative estimate of drug-likeness (QED) is 0.800. The van der Waals surface area contributed by atoms with Gasteiger partial charge in [-0.15, -0.1) is 0 Å². The number of rotatable bonds is 3. The maximum atomic E-state index is 5.67. The van der Waals surface area contributed by atoms with Gasteiger partial charge in [-0.25, -0.2) is 0 Å². The van der Waals surface area contributed by atoms with Gasteiger partial charge < -0.3 is 11.1 Å². The first kappa shape index (κ1) is 12.5. The fourth-order valence-electron chi connectivity index (χ4n) is 2.39. The number of nitrogens with one attached hydrogen (secondary N) is 2. The van der Waals surface area contributed by atoms with Gasteiger partial charge in [-0.2, -0.15) is 5.10 Å². The third-order valence-electron chi connectivity index (χ3n) is 3.59. The van der Waals surface area contributed by atoms with Crippen LogP contribution in [0.3, 0.4) is 0 Å². The highest BCUT2D eigenvalue weighted by Gasteiger charge is 2.12. The first-order chi connectivity index (χ1) is 9.74. The molecule has 0 saturated heterocycles. The lowest BCUT2D eigenvalue weighted by molar-refractivity contribution is 0.854. The molecule has 3 rings (SSSR count). The number of H-pyrrole nitrogens is 1. The smallest absolute Gasteiger partial charge is 0.145 e. The maximum absolute atomic E-state index is 5.67. The third-order valence-corrected chi connectivity index (χ3v) is 3.59. The molecule has 4 nitrogen and oxygen atoms in total. The van der Waals surface area contributed by atoms with Crippen LogP contribution in [0, 0.1) is 0 Å². The van der Waals surface area contributed by atoms with Crippen LogP contribution in [0.25, 0.3) is 5.57 Å². The van der Waals surface area contributed by atoms with E-state index >= 15 is 0 Å². The van der Waals surface area contributed by atoms with E-state index in [0.717, 1.165) is 12.2 Å². The summed E-state index contributed by atoms with van der Waals surface area (Å²) >= 11 is 0. The molecule has 4 heteroatoms. The maximum Gasteiger partial charge on any atom is 0.145 e. The Morgan fingerprint density at radius 3 is 2.90 bits per heavy atom. The van der Waals surface area contributed by atoms with Crippen LogP contribution in [-0.2, 0) is 0 Å². The third kappa shape index (κ3) is 2.45. The minimum absolute atomic E-state index is 0.237. The van der Waals surface area contributed by atoms with E-state index in [9.17, 15) is 0 Å². The first-order valence-electron chi connectivity index (χ1n) is 6.75. The van der Waals surface area contributed by atoms with E-state index in [2.05, 4.69) is 65.1 Å². The van der Waals surface area contributed by atoms with Gasteiger partial charge >= 0.3 is 0 Å². The van der Waals surface area contributed by atoms with Gasteiger partial charge in [-0.05, 0) is 16.7 Å². The molecule has 0 radical (unpaired) electrons. The molecule has 4 N–H and O–H groups in total. The summed E-state index contributed by atoms with van der Waals surface area (Å²) in [7, 11) is 0. The van der Waals surface area contributed by atoms with Gasteiger partial charge in [0.15, 0.2) is 0 Å². The van der Waals surface area contributed by atoms with Gasteiger partial charge in [0.05, 0.1) is 0 Å². The van der Waals surface area contributed by atoms with E-state index in [4.69, 9.17) is 5.73 Å². The number of aromatic amines is 1. The first-order valence-corrected chi connectivity index (χ1v) is 6.75. The number of nitrogen functional groups attached to an aromatic ring is 1. The summed E-state index contributed by atoms with van der Waals surface area (Å²) in [5.74, 6) is 0.769. The molecule has 1 aliphatic rings. The lowest BCUT2D eigenvalue weighted by Crippen LogP contribution is -2.08. The van der Waals surface area contributed by atoms with Crippen LogP contribution < -0.4 is 11.1 Å². The molecule has 0 fully saturated rings. The Kier molecular flexibility index (Phi) is 3.29. The molecule has 1 aliphatic heterocycles. The van der Waals surface area contributed by atoms with E-state index in [-0.39, 0.29) is 5.92 Å². The number of hydrogen-bond acceptors (Lipinski definition) is 3. The van der Waals surface area contributed by atoms with Crippen molar-refractivity contribution in [2.45, 2.75) is 12.8 Å². The minimum atomic E-state index is 0.237. The van der Waals surface area contributed by atoms with E-state index in [1.807, 2.05) is 6.07 Å². The van der Waals surface area contributed by atoms with Crippen molar-refractivity contribution >= 4 is 11.4 Å². The zero-order chi connectivity index (χ0) is 13.9. The summed E-state index contributed by atoms with van der Waals surface area (Å²) in [6.45, 7) is 3.04. The summed E-state index contributed by atoms with van der Waals surface area (Å²) in [4.78, 5) is 0. The summed E-state index contributed by atoms with van der Waals surface area (Å²) in [6, 6.07) is 10.4. The van der Waals surface area contributed by atoms with Crippen LogP contribution in [0.5, 0.6) is 0 Å². The van der Waals surface area contributed by atoms with Gasteiger partial charge in [0.25, 0.3) is 0 Å². The highest BCUT2D eigenvalue weighted by Crippen LogP contribution is 2.26. The minimum Gasteiger partial charge on any atom is -0.387 e. The fourth-order valence-corrected chi connectivity index (χ4v) is 2.39. The number of anilines is 1. The zero-order valence-corrected chi connectivity index (χ0v) is 11.4. The van der Waals surface area contributed by atoms with Crippen LogP contribution in [0.4, 0.5) is 5.82 Å². The Bertz CT molecular complexity index is 667. The second-order valence-electron chi connectivity index (χ2n) is 5.01. The van der Waals surface area contributed by atoms with Crippen LogP contribution >= 0.6 is 0 Å². The van der Waals surface area contributed by atoms with Gasteiger partial charge in [0.1, 0.15) is 5.82 Å². The molecule has 2 heterocycles. The fraction of sp³-hybridized carbons (Fsp3) is 0.188. The summed E-state index contributed by atoms with van der Waals surface area (Å²) in [6.07, 6.45) is 6.33. The van der Waals surface area contributed by atoms with Gasteiger partial charge in [0, 0.05) is 30.4 Å². The molecule has 2 aromatic rings. The highest BCUT2D eigenvalue weighted by atomic mass is 15.2. The lowest BCUT2D eigenvalue weighted by atomic mass is 9.94. The molecule has 1 aromatic carbocycles. The molecule has 102 valence electrons. The predicted molar refractivity (Wildman–Crippen MR) is 82.1 cm³/mol. The summed E-state index contributed by atoms with van der Waals surface area (Å²) in [5, 5.41) is 10.2. The van der Waals surface area contributed by atoms with Crippen molar-refractivity contribution in [1.29, 1.82) is 0 Å². The van der Waals surface area contributed by atoms with E-state index in [1.165, 1.54) is 16.7 Å². The Morgan fingerprint density at radius 2 is 2.20 bits per heavy atom. The molecule has 0 spiro atoms. The number of nitrogens with two attached hydrogens (primary N) is 1. The van der Waals surface area contributed by atoms with Crippen molar-refractivity contribution in [3.05, 3.63) is 65.5 Å². The molecule has 1 atom stereocenters. The molecule has 1 unspecified atom stereocenters. The Balaban J connectivity index is 1.91. The number of dihydropyridines is 1. The van der Waals surface area contributed by atoms with Crippen molar-refractivity contribution in [2.24, 2.45) is 0 Å². The monoisotopic (exact) mass is 266 g/mol. The molecule has 20 heavy (non-hydrogen) atoms. The van der Waals surface area contributed by atoms with Gasteiger partial charge in [0.2, 0.25) is 0 Å².